The van der Waals surface area contributed by atoms with E-state index in [1.54, 1.807) is 29.2 Å². The Morgan fingerprint density at radius 2 is 1.58 bits per heavy atom. The van der Waals surface area contributed by atoms with Crippen LogP contribution in [-0.4, -0.2) is 17.1 Å². The standard InChI is InChI=1S/C21H23F2NO2/c1-2-3-19-18(12-13-20(25)14-4-6-15(22)7-5-14)21(26)24(19)17-10-8-16(23)9-11-17/h4-11,18-20,25H,2-3,12-13H2,1H3. The maximum atomic E-state index is 13.1. The van der Waals surface area contributed by atoms with Gasteiger partial charge in [-0.3, -0.25) is 4.79 Å². The molecule has 3 unspecified atom stereocenters. The molecule has 1 aliphatic heterocycles. The molecule has 5 heteroatoms. The first-order valence-electron chi connectivity index (χ1n) is 9.03. The van der Waals surface area contributed by atoms with Gasteiger partial charge in [-0.25, -0.2) is 8.78 Å². The highest BCUT2D eigenvalue weighted by molar-refractivity contribution is 6.02. The average Bonchev–Trinajstić information content (AvgIpc) is 2.64. The third kappa shape index (κ3) is 3.78. The SMILES string of the molecule is CCCC1C(CCC(O)c2ccc(F)cc2)C(=O)N1c1ccc(F)cc1. The van der Waals surface area contributed by atoms with Crippen molar-refractivity contribution in [1.82, 2.24) is 0 Å². The quantitative estimate of drug-likeness (QED) is 0.734. The van der Waals surface area contributed by atoms with E-state index < -0.39 is 6.10 Å². The van der Waals surface area contributed by atoms with Crippen LogP contribution in [0.4, 0.5) is 14.5 Å². The smallest absolute Gasteiger partial charge is 0.232 e. The Hall–Kier alpha value is -2.27. The largest absolute Gasteiger partial charge is 0.388 e. The number of nitrogens with zero attached hydrogens (tertiary/aromatic N) is 1. The van der Waals surface area contributed by atoms with Crippen LogP contribution in [0.25, 0.3) is 0 Å². The second-order valence-corrected chi connectivity index (χ2v) is 6.79. The topological polar surface area (TPSA) is 40.5 Å². The second kappa shape index (κ2) is 7.96. The van der Waals surface area contributed by atoms with E-state index in [-0.39, 0.29) is 29.5 Å². The summed E-state index contributed by atoms with van der Waals surface area (Å²) < 4.78 is 26.1. The van der Waals surface area contributed by atoms with E-state index in [4.69, 9.17) is 0 Å². The Morgan fingerprint density at radius 3 is 2.15 bits per heavy atom. The summed E-state index contributed by atoms with van der Waals surface area (Å²) in [6, 6.07) is 11.8. The number of carbonyl (C=O) groups is 1. The van der Waals surface area contributed by atoms with Gasteiger partial charge in [-0.05, 0) is 61.2 Å². The lowest BCUT2D eigenvalue weighted by Crippen LogP contribution is -2.61. The first kappa shape index (κ1) is 18.5. The first-order valence-corrected chi connectivity index (χ1v) is 9.03. The van der Waals surface area contributed by atoms with Crippen molar-refractivity contribution in [3.05, 3.63) is 65.7 Å². The first-order chi connectivity index (χ1) is 12.5. The van der Waals surface area contributed by atoms with Crippen LogP contribution >= 0.6 is 0 Å². The zero-order valence-corrected chi connectivity index (χ0v) is 14.7. The Labute approximate surface area is 152 Å². The van der Waals surface area contributed by atoms with Gasteiger partial charge in [0.2, 0.25) is 5.91 Å². The van der Waals surface area contributed by atoms with Crippen LogP contribution in [0.5, 0.6) is 0 Å². The van der Waals surface area contributed by atoms with Crippen molar-refractivity contribution in [1.29, 1.82) is 0 Å². The minimum atomic E-state index is -0.717. The third-order valence-electron chi connectivity index (χ3n) is 5.05. The van der Waals surface area contributed by atoms with E-state index in [0.29, 0.717) is 24.1 Å². The Balaban J connectivity index is 1.65. The molecule has 0 bridgehead atoms. The molecule has 1 amide bonds. The van der Waals surface area contributed by atoms with Gasteiger partial charge in [-0.1, -0.05) is 25.5 Å². The molecule has 1 heterocycles. The molecule has 3 rings (SSSR count). The van der Waals surface area contributed by atoms with Gasteiger partial charge >= 0.3 is 0 Å². The van der Waals surface area contributed by atoms with Gasteiger partial charge < -0.3 is 10.0 Å². The number of amides is 1. The van der Waals surface area contributed by atoms with Gasteiger partial charge in [0.15, 0.2) is 0 Å². The van der Waals surface area contributed by atoms with E-state index in [9.17, 15) is 18.7 Å². The van der Waals surface area contributed by atoms with E-state index in [1.807, 2.05) is 0 Å². The van der Waals surface area contributed by atoms with Gasteiger partial charge in [0.1, 0.15) is 11.6 Å². The molecule has 26 heavy (non-hydrogen) atoms. The summed E-state index contributed by atoms with van der Waals surface area (Å²) in [5.41, 5.74) is 1.37. The highest BCUT2D eigenvalue weighted by Gasteiger charge is 2.46. The molecule has 0 radical (unpaired) electrons. The Morgan fingerprint density at radius 1 is 1.00 bits per heavy atom. The maximum absolute atomic E-state index is 13.1. The summed E-state index contributed by atoms with van der Waals surface area (Å²) in [6.07, 6.45) is 2.09. The number of carbonyl (C=O) groups excluding carboxylic acids is 1. The summed E-state index contributed by atoms with van der Waals surface area (Å²) in [5.74, 6) is -0.794. The Bertz CT molecular complexity index is 746. The molecule has 0 spiro atoms. The molecule has 138 valence electrons. The molecule has 2 aromatic rings. The van der Waals surface area contributed by atoms with Crippen LogP contribution in [0.3, 0.4) is 0 Å². The van der Waals surface area contributed by atoms with Crippen LogP contribution < -0.4 is 4.90 Å². The van der Waals surface area contributed by atoms with E-state index in [2.05, 4.69) is 6.92 Å². The molecule has 3 nitrogen and oxygen atoms in total. The van der Waals surface area contributed by atoms with Crippen molar-refractivity contribution in [2.24, 2.45) is 5.92 Å². The summed E-state index contributed by atoms with van der Waals surface area (Å²) in [7, 11) is 0. The fourth-order valence-corrected chi connectivity index (χ4v) is 3.66. The minimum Gasteiger partial charge on any atom is -0.388 e. The number of hydrogen-bond acceptors (Lipinski definition) is 2. The Kier molecular flexibility index (Phi) is 5.67. The van der Waals surface area contributed by atoms with Crippen LogP contribution in [0.15, 0.2) is 48.5 Å². The number of anilines is 1. The highest BCUT2D eigenvalue weighted by atomic mass is 19.1. The number of hydrogen-bond donors (Lipinski definition) is 1. The van der Waals surface area contributed by atoms with Crippen molar-refractivity contribution in [2.75, 3.05) is 4.90 Å². The highest BCUT2D eigenvalue weighted by Crippen LogP contribution is 2.39. The number of halogens is 2. The average molecular weight is 359 g/mol. The summed E-state index contributed by atoms with van der Waals surface area (Å²) in [4.78, 5) is 14.4. The monoisotopic (exact) mass is 359 g/mol. The minimum absolute atomic E-state index is 0.0152. The lowest BCUT2D eigenvalue weighted by molar-refractivity contribution is -0.131. The van der Waals surface area contributed by atoms with Crippen LogP contribution in [0.2, 0.25) is 0 Å². The lowest BCUT2D eigenvalue weighted by atomic mass is 9.79. The predicted octanol–water partition coefficient (Wildman–Crippen LogP) is 4.61. The lowest BCUT2D eigenvalue weighted by Gasteiger charge is -2.47. The molecule has 1 fully saturated rings. The summed E-state index contributed by atoms with van der Waals surface area (Å²) in [6.45, 7) is 2.07. The van der Waals surface area contributed by atoms with Crippen molar-refractivity contribution < 1.29 is 18.7 Å². The number of aliphatic hydroxyl groups is 1. The number of rotatable bonds is 7. The molecule has 1 aliphatic rings. The van der Waals surface area contributed by atoms with Crippen molar-refractivity contribution >= 4 is 11.6 Å². The fourth-order valence-electron chi connectivity index (χ4n) is 3.66. The van der Waals surface area contributed by atoms with Crippen molar-refractivity contribution in [2.45, 2.75) is 44.8 Å². The van der Waals surface area contributed by atoms with Gasteiger partial charge in [0, 0.05) is 11.7 Å². The number of aliphatic hydroxyl groups excluding tert-OH is 1. The molecule has 0 aromatic heterocycles. The van der Waals surface area contributed by atoms with Gasteiger partial charge in [0.05, 0.1) is 12.0 Å². The molecule has 3 atom stereocenters. The van der Waals surface area contributed by atoms with Crippen molar-refractivity contribution in [3.8, 4) is 0 Å². The van der Waals surface area contributed by atoms with Gasteiger partial charge in [-0.2, -0.15) is 0 Å². The normalized spacial score (nSPS) is 20.8. The van der Waals surface area contributed by atoms with E-state index >= 15 is 0 Å². The van der Waals surface area contributed by atoms with Crippen LogP contribution in [-0.2, 0) is 4.79 Å². The second-order valence-electron chi connectivity index (χ2n) is 6.79. The molecule has 1 saturated heterocycles. The maximum Gasteiger partial charge on any atom is 0.232 e. The number of β-lactam (4-membered cyclic amide) rings is 1. The van der Waals surface area contributed by atoms with E-state index in [0.717, 1.165) is 12.8 Å². The van der Waals surface area contributed by atoms with Crippen molar-refractivity contribution in [3.63, 3.8) is 0 Å². The fraction of sp³-hybridized carbons (Fsp3) is 0.381. The molecule has 0 aliphatic carbocycles. The van der Waals surface area contributed by atoms with Crippen LogP contribution in [0.1, 0.15) is 44.3 Å². The summed E-state index contributed by atoms with van der Waals surface area (Å²) >= 11 is 0. The molecule has 2 aromatic carbocycles. The number of benzene rings is 2. The molecule has 0 saturated carbocycles. The molecular weight excluding hydrogens is 336 g/mol. The molecule has 1 N–H and O–H groups in total. The predicted molar refractivity (Wildman–Crippen MR) is 96.7 cm³/mol. The van der Waals surface area contributed by atoms with Crippen LogP contribution in [0, 0.1) is 17.6 Å². The zero-order valence-electron chi connectivity index (χ0n) is 14.7. The zero-order chi connectivity index (χ0) is 18.7. The van der Waals surface area contributed by atoms with E-state index in [1.165, 1.54) is 24.3 Å². The molecular formula is C21H23F2NO2. The summed E-state index contributed by atoms with van der Waals surface area (Å²) in [5, 5.41) is 10.3. The third-order valence-corrected chi connectivity index (χ3v) is 5.05. The van der Waals surface area contributed by atoms with Gasteiger partial charge in [0.25, 0.3) is 0 Å². The van der Waals surface area contributed by atoms with Gasteiger partial charge in [-0.15, -0.1) is 0 Å².